The zero-order valence-corrected chi connectivity index (χ0v) is 47.1. The maximum Gasteiger partial charge on any atom is -0.0241 e. The summed E-state index contributed by atoms with van der Waals surface area (Å²) in [6, 6.07) is 0. The van der Waals surface area contributed by atoms with Crippen LogP contribution in [0.5, 0.6) is 0 Å². The van der Waals surface area contributed by atoms with Gasteiger partial charge < -0.3 is 0 Å². The van der Waals surface area contributed by atoms with Crippen LogP contribution >= 0.6 is 0 Å². The van der Waals surface area contributed by atoms with Crippen molar-refractivity contribution in [3.63, 3.8) is 0 Å². The third kappa shape index (κ3) is 11.3. The molecule has 0 nitrogen and oxygen atoms in total. The summed E-state index contributed by atoms with van der Waals surface area (Å²) in [6.45, 7) is 43.5. The van der Waals surface area contributed by atoms with Gasteiger partial charge in [-0.2, -0.15) is 0 Å². The maximum atomic E-state index is 2.44. The van der Waals surface area contributed by atoms with Crippen molar-refractivity contribution in [1.82, 2.24) is 0 Å². The molecule has 0 aromatic rings. The average Bonchev–Trinajstić information content (AvgIpc) is 3.78. The summed E-state index contributed by atoms with van der Waals surface area (Å²) in [5, 5.41) is 0. The third-order valence-corrected chi connectivity index (χ3v) is 23.8. The highest BCUT2D eigenvalue weighted by Gasteiger charge is 2.62. The van der Waals surface area contributed by atoms with Gasteiger partial charge in [0.1, 0.15) is 0 Å². The normalized spacial score (nSPS) is 44.0. The van der Waals surface area contributed by atoms with E-state index in [1.54, 1.807) is 25.7 Å². The van der Waals surface area contributed by atoms with Gasteiger partial charge >= 0.3 is 0 Å². The highest BCUT2D eigenvalue weighted by molar-refractivity contribution is 5.12. The summed E-state index contributed by atoms with van der Waals surface area (Å²) in [7, 11) is 0. The van der Waals surface area contributed by atoms with Gasteiger partial charge in [-0.1, -0.05) is 137 Å². The Hall–Kier alpha value is 0. The van der Waals surface area contributed by atoms with Gasteiger partial charge in [0.15, 0.2) is 0 Å². The molecular formula is C64H116. The second-order valence-corrected chi connectivity index (χ2v) is 33.3. The van der Waals surface area contributed by atoms with E-state index in [9.17, 15) is 0 Å². The second-order valence-electron chi connectivity index (χ2n) is 33.3. The maximum absolute atomic E-state index is 2.44. The lowest BCUT2D eigenvalue weighted by atomic mass is 9.37. The first-order valence-electron chi connectivity index (χ1n) is 29.3. The highest BCUT2D eigenvalue weighted by Crippen LogP contribution is 2.72. The molecule has 15 fully saturated rings. The van der Waals surface area contributed by atoms with E-state index < -0.39 is 0 Å². The van der Waals surface area contributed by atoms with Gasteiger partial charge in [-0.15, -0.1) is 0 Å². The van der Waals surface area contributed by atoms with Crippen LogP contribution in [-0.4, -0.2) is 0 Å². The Bertz CT molecular complexity index is 1430. The zero-order chi connectivity index (χ0) is 47.1. The van der Waals surface area contributed by atoms with Gasteiger partial charge in [0.05, 0.1) is 0 Å². The quantitative estimate of drug-likeness (QED) is 0.227. The summed E-state index contributed by atoms with van der Waals surface area (Å²) in [6.07, 6.45) is 38.3. The molecular weight excluding hydrogens is 769 g/mol. The minimum absolute atomic E-state index is 0.554. The van der Waals surface area contributed by atoms with Crippen LogP contribution in [0.15, 0.2) is 0 Å². The second kappa shape index (κ2) is 18.3. The summed E-state index contributed by atoms with van der Waals surface area (Å²) in [5.74, 6) is 13.2. The van der Waals surface area contributed by atoms with Crippen molar-refractivity contribution in [3.05, 3.63) is 0 Å². The molecule has 0 aliphatic heterocycles. The average molecular weight is 886 g/mol. The minimum Gasteiger partial charge on any atom is -0.0599 e. The number of rotatable bonds is 0. The smallest absolute Gasteiger partial charge is 0.0241 e. The fourth-order valence-corrected chi connectivity index (χ4v) is 17.9. The predicted octanol–water partition coefficient (Wildman–Crippen LogP) is 20.5. The number of hydrogen-bond acceptors (Lipinski definition) is 0. The van der Waals surface area contributed by atoms with Crippen molar-refractivity contribution in [1.29, 1.82) is 0 Å². The SMILES string of the molecule is CC(C)(C)C12CC(C1)C2.CC(C)(C)C12CCC(CC1)C2.CC(C)(C)C12CCC(CC1)CC2.CC(C)(C)C1CC2CC2C1.CC(C)(C)C1CC2CCC1C2.CC(C)(C)C1CCC2CC1C2. The first-order valence-corrected chi connectivity index (χ1v) is 29.3. The van der Waals surface area contributed by atoms with Gasteiger partial charge in [-0.3, -0.25) is 0 Å². The Balaban J connectivity index is 0.000000115. The molecule has 0 aromatic carbocycles. The molecule has 64 heavy (non-hydrogen) atoms. The van der Waals surface area contributed by atoms with Crippen molar-refractivity contribution in [3.8, 4) is 0 Å². The molecule has 0 amide bonds. The van der Waals surface area contributed by atoms with E-state index in [0.717, 1.165) is 87.3 Å². The largest absolute Gasteiger partial charge is 0.0599 e. The van der Waals surface area contributed by atoms with Crippen LogP contribution in [-0.2, 0) is 0 Å². The molecule has 0 N–H and O–H groups in total. The van der Waals surface area contributed by atoms with Crippen molar-refractivity contribution < 1.29 is 0 Å². The summed E-state index contributed by atoms with van der Waals surface area (Å²) < 4.78 is 0. The van der Waals surface area contributed by atoms with Crippen LogP contribution in [0, 0.1) is 120 Å². The van der Waals surface area contributed by atoms with Crippen molar-refractivity contribution >= 4 is 0 Å². The number of hydrogen-bond donors (Lipinski definition) is 0. The molecule has 6 unspecified atom stereocenters. The lowest BCUT2D eigenvalue weighted by Gasteiger charge is -2.68. The van der Waals surface area contributed by atoms with Gasteiger partial charge in [0.2, 0.25) is 0 Å². The van der Waals surface area contributed by atoms with Gasteiger partial charge in [0.25, 0.3) is 0 Å². The summed E-state index contributed by atoms with van der Waals surface area (Å²) >= 11 is 0. The molecule has 0 heteroatoms. The van der Waals surface area contributed by atoms with E-state index in [4.69, 9.17) is 0 Å². The fraction of sp³-hybridized carbons (Fsp3) is 1.00. The fourth-order valence-electron chi connectivity index (χ4n) is 17.9. The lowest BCUT2D eigenvalue weighted by Crippen LogP contribution is -2.58. The molecule has 0 saturated heterocycles. The first kappa shape index (κ1) is 51.8. The molecule has 10 bridgehead atoms. The zero-order valence-electron chi connectivity index (χ0n) is 47.1. The molecule has 0 spiro atoms. The number of fused-ring (bicyclic) bond motifs is 10. The molecule has 15 aliphatic rings. The van der Waals surface area contributed by atoms with Crippen LogP contribution in [0.25, 0.3) is 0 Å². The van der Waals surface area contributed by atoms with Crippen LogP contribution in [0.2, 0.25) is 0 Å². The minimum atomic E-state index is 0.554. The summed E-state index contributed by atoms with van der Waals surface area (Å²) in [5.41, 5.74) is 5.75. The monoisotopic (exact) mass is 885 g/mol. The van der Waals surface area contributed by atoms with Crippen molar-refractivity contribution in [2.45, 2.75) is 285 Å². The van der Waals surface area contributed by atoms with Crippen LogP contribution in [0.4, 0.5) is 0 Å². The Morgan fingerprint density at radius 3 is 0.891 bits per heavy atom. The van der Waals surface area contributed by atoms with Gasteiger partial charge in [-0.25, -0.2) is 0 Å². The molecule has 15 saturated carbocycles. The van der Waals surface area contributed by atoms with E-state index in [0.29, 0.717) is 32.5 Å². The molecule has 6 atom stereocenters. The van der Waals surface area contributed by atoms with E-state index in [1.807, 2.05) is 0 Å². The third-order valence-electron chi connectivity index (χ3n) is 23.8. The Morgan fingerprint density at radius 1 is 0.266 bits per heavy atom. The molecule has 0 radical (unpaired) electrons. The Kier molecular flexibility index (Phi) is 14.8. The first-order chi connectivity index (χ1) is 29.3. The van der Waals surface area contributed by atoms with Crippen LogP contribution in [0.1, 0.15) is 285 Å². The molecule has 0 heterocycles. The Morgan fingerprint density at radius 2 is 0.672 bits per heavy atom. The molecule has 0 aromatic heterocycles. The topological polar surface area (TPSA) is 0 Å². The predicted molar refractivity (Wildman–Crippen MR) is 281 cm³/mol. The molecule has 372 valence electrons. The van der Waals surface area contributed by atoms with Gasteiger partial charge in [-0.05, 0) is 267 Å². The highest BCUT2D eigenvalue weighted by atomic mass is 14.7. The Labute approximate surface area is 403 Å². The lowest BCUT2D eigenvalue weighted by molar-refractivity contribution is -0.181. The van der Waals surface area contributed by atoms with Gasteiger partial charge in [0, 0.05) is 0 Å². The van der Waals surface area contributed by atoms with Crippen LogP contribution in [0.3, 0.4) is 0 Å². The van der Waals surface area contributed by atoms with Crippen molar-refractivity contribution in [2.24, 2.45) is 120 Å². The van der Waals surface area contributed by atoms with E-state index in [2.05, 4.69) is 125 Å². The molecule has 15 aliphatic carbocycles. The summed E-state index contributed by atoms with van der Waals surface area (Å²) in [4.78, 5) is 0. The van der Waals surface area contributed by atoms with E-state index in [-0.39, 0.29) is 0 Å². The molecule has 15 rings (SSSR count). The standard InChI is InChI=1S/C12H22.3C11H20.C10H18.C9H16/c1-11(2,3)12-7-4-10(5-8-12)6-9-12;1-10(2,3)11-6-4-9(8-11)5-7-11;1-11(2,3)10-5-4-8-6-9(10)7-8;1-11(2,3)10-7-8-4-5-9(10)6-8;1-10(2,3)9-5-7-4-8(7)6-9;1-8(2,3)9-4-7(5-9)6-9/h10H,4-9H2,1-3H3;9H,4-8H2,1-3H3;2*8-10H,4-7H2,1-3H3;7-9H,4-6H2,1-3H3;7H,4-6H2,1-3H3. The van der Waals surface area contributed by atoms with E-state index in [1.165, 1.54) is 135 Å². The van der Waals surface area contributed by atoms with Crippen molar-refractivity contribution in [2.75, 3.05) is 0 Å². The van der Waals surface area contributed by atoms with E-state index >= 15 is 0 Å². The van der Waals surface area contributed by atoms with Crippen LogP contribution < -0.4 is 0 Å².